The average Bonchev–Trinajstić information content (AvgIpc) is 1.81. The van der Waals surface area contributed by atoms with Crippen molar-refractivity contribution in [3.63, 3.8) is 0 Å². The van der Waals surface area contributed by atoms with Crippen LogP contribution >= 0.6 is 7.82 Å². The van der Waals surface area contributed by atoms with Crippen molar-refractivity contribution < 1.29 is 118 Å². The smallest absolute Gasteiger partial charge is 0.822 e. The molecule has 0 saturated heterocycles. The van der Waals surface area contributed by atoms with Gasteiger partial charge in [-0.3, -0.25) is 9.69 Å². The van der Waals surface area contributed by atoms with E-state index >= 15 is 0 Å². The normalized spacial score (nSPS) is 10.7. The van der Waals surface area contributed by atoms with E-state index in [1.807, 2.05) is 0 Å². The summed E-state index contributed by atoms with van der Waals surface area (Å²) in [7, 11) is -1.92. The number of aliphatic carboxylic acids is 1. The van der Waals surface area contributed by atoms with Gasteiger partial charge in [-0.25, -0.2) is 0 Å². The zero-order valence-corrected chi connectivity index (χ0v) is 17.4. The average molecular weight is 281 g/mol. The van der Waals surface area contributed by atoms with Gasteiger partial charge in [-0.2, -0.15) is 7.82 Å². The molecule has 11 heteroatoms. The number of carboxylic acids is 1. The van der Waals surface area contributed by atoms with Crippen molar-refractivity contribution in [2.45, 2.75) is 13.0 Å². The summed E-state index contributed by atoms with van der Waals surface area (Å²) < 4.78 is 8.55. The molecule has 7 nitrogen and oxygen atoms in total. The van der Waals surface area contributed by atoms with Crippen LogP contribution in [0.1, 0.15) is 6.92 Å². The van der Waals surface area contributed by atoms with E-state index in [0.29, 0.717) is 0 Å². The maximum atomic E-state index is 10.1. The quantitative estimate of drug-likeness (QED) is 0.393. The Hall–Kier alpha value is 2.54. The van der Waals surface area contributed by atoms with E-state index < -0.39 is 13.8 Å². The van der Waals surface area contributed by atoms with Crippen LogP contribution in [0.5, 0.6) is 0 Å². The van der Waals surface area contributed by atoms with Gasteiger partial charge in [0.15, 0.2) is 0 Å². The molecular weight excluding hydrogens is 270 g/mol. The predicted octanol–water partition coefficient (Wildman–Crippen LogP) is -11.8. The first-order valence-corrected chi connectivity index (χ1v) is 4.64. The Morgan fingerprint density at radius 2 is 1.38 bits per heavy atom. The molecule has 80 valence electrons. The maximum Gasteiger partial charge on any atom is 1.00 e. The first-order chi connectivity index (χ1) is 5.55. The van der Waals surface area contributed by atoms with Crippen molar-refractivity contribution >= 4 is 13.8 Å². The summed E-state index contributed by atoms with van der Waals surface area (Å²) in [6.07, 6.45) is 0. The summed E-state index contributed by atoms with van der Waals surface area (Å²) in [5.74, 6) is -0.782. The van der Waals surface area contributed by atoms with E-state index in [-0.39, 0.29) is 94.7 Å². The minimum Gasteiger partial charge on any atom is -0.822 e. The van der Waals surface area contributed by atoms with Crippen LogP contribution in [0.2, 0.25) is 0 Å². The van der Waals surface area contributed by atoms with Gasteiger partial charge in [0.1, 0.15) is 6.04 Å². The molecule has 0 bridgehead atoms. The monoisotopic (exact) mass is 281 g/mol. The number of carboxylic acid groups (broad SMARTS) is 1. The maximum absolute atomic E-state index is 10.1. The first kappa shape index (κ1) is 31.1. The Balaban J connectivity index is -0.0000000454. The molecule has 0 aromatic heterocycles. The van der Waals surface area contributed by atoms with Gasteiger partial charge in [0.2, 0.25) is 0 Å². The van der Waals surface area contributed by atoms with Crippen molar-refractivity contribution in [1.82, 2.24) is 4.90 Å². The van der Waals surface area contributed by atoms with E-state index in [9.17, 15) is 4.79 Å². The molecule has 0 heterocycles. The van der Waals surface area contributed by atoms with Gasteiger partial charge in [0.05, 0.1) is 0 Å². The van der Waals surface area contributed by atoms with Gasteiger partial charge < -0.3 is 24.4 Å². The largest absolute Gasteiger partial charge is 1.00 e. The Kier molecular flexibility index (Phi) is 30.3. The van der Waals surface area contributed by atoms with Crippen molar-refractivity contribution in [2.24, 2.45) is 0 Å². The van der Waals surface area contributed by atoms with Gasteiger partial charge >= 0.3 is 94.6 Å². The zero-order valence-electron chi connectivity index (χ0n) is 10.5. The number of phosphoric acid groups is 1. The minimum absolute atomic E-state index is 0. The van der Waals surface area contributed by atoms with Crippen LogP contribution in [0.15, 0.2) is 0 Å². The molecule has 0 aliphatic heterocycles. The topological polar surface area (TPSA) is 127 Å². The van der Waals surface area contributed by atoms with Gasteiger partial charge in [-0.15, -0.1) is 0 Å². The van der Waals surface area contributed by atoms with Crippen molar-refractivity contribution in [3.8, 4) is 0 Å². The Morgan fingerprint density at radius 1 is 1.19 bits per heavy atom. The molecule has 1 unspecified atom stereocenters. The second-order valence-electron chi connectivity index (χ2n) is 2.43. The molecule has 0 radical (unpaired) electrons. The molecule has 1 atom stereocenters. The van der Waals surface area contributed by atoms with Crippen LogP contribution in [0.3, 0.4) is 0 Å². The predicted molar refractivity (Wildman–Crippen MR) is 38.4 cm³/mol. The molecule has 0 amide bonds. The second kappa shape index (κ2) is 15.6. The van der Waals surface area contributed by atoms with Gasteiger partial charge in [0, 0.05) is 0 Å². The fraction of sp³-hybridized carbons (Fsp3) is 0.800. The molecule has 0 aromatic carbocycles. The number of hydrogen-bond acceptors (Lipinski definition) is 6. The number of carbonyl (C=O) groups is 1. The third-order valence-corrected chi connectivity index (χ3v) is 1.13. The van der Waals surface area contributed by atoms with E-state index in [2.05, 4.69) is 0 Å². The third kappa shape index (κ3) is 36.0. The Morgan fingerprint density at radius 3 is 1.38 bits per heavy atom. The Bertz CT molecular complexity index is 202. The summed E-state index contributed by atoms with van der Waals surface area (Å²) >= 11 is 0. The SMILES string of the molecule is CC(C(=O)O)N(C)C.O=P([O-])([O-])[O-].[Na+].[Na+].[Na+]. The minimum atomic E-state index is -5.39. The molecule has 0 spiro atoms. The fourth-order valence-electron chi connectivity index (χ4n) is 0.221. The number of hydrogen-bond donors (Lipinski definition) is 1. The molecule has 0 aliphatic carbocycles. The van der Waals surface area contributed by atoms with Gasteiger partial charge in [0.25, 0.3) is 0 Å². The van der Waals surface area contributed by atoms with Crippen LogP contribution in [0, 0.1) is 0 Å². The Labute approximate surface area is 161 Å². The van der Waals surface area contributed by atoms with Crippen molar-refractivity contribution in [3.05, 3.63) is 0 Å². The summed E-state index contributed by atoms with van der Waals surface area (Å²) in [5, 5.41) is 8.31. The van der Waals surface area contributed by atoms with Crippen LogP contribution in [0.25, 0.3) is 0 Å². The number of nitrogens with zero attached hydrogens (tertiary/aromatic N) is 1. The first-order valence-electron chi connectivity index (χ1n) is 3.18. The van der Waals surface area contributed by atoms with Crippen molar-refractivity contribution in [1.29, 1.82) is 0 Å². The standard InChI is InChI=1S/C5H11NO2.3Na.H3O4P/c1-4(5(7)8)6(2)3;;;;1-5(2,3)4/h4H,1-3H3,(H,7,8);;;;(H3,1,2,3,4)/q;3*+1;/p-3. The molecule has 0 fully saturated rings. The summed E-state index contributed by atoms with van der Waals surface area (Å²) in [4.78, 5) is 37.4. The molecule has 0 aliphatic rings. The van der Waals surface area contributed by atoms with Crippen LogP contribution in [0.4, 0.5) is 0 Å². The summed E-state index contributed by atoms with van der Waals surface area (Å²) in [5.41, 5.74) is 0. The fourth-order valence-corrected chi connectivity index (χ4v) is 0.221. The van der Waals surface area contributed by atoms with E-state index in [1.165, 1.54) is 0 Å². The number of likely N-dealkylation sites (N-methyl/N-ethyl adjacent to an activating group) is 1. The van der Waals surface area contributed by atoms with E-state index in [4.69, 9.17) is 24.4 Å². The molecule has 0 aromatic rings. The molecule has 0 rings (SSSR count). The summed E-state index contributed by atoms with van der Waals surface area (Å²) in [6.45, 7) is 1.64. The van der Waals surface area contributed by atoms with Crippen molar-refractivity contribution in [2.75, 3.05) is 14.1 Å². The number of rotatable bonds is 2. The molecule has 16 heavy (non-hydrogen) atoms. The molecule has 1 N–H and O–H groups in total. The zero-order chi connectivity index (χ0) is 11.2. The van der Waals surface area contributed by atoms with Crippen LogP contribution < -0.4 is 103 Å². The third-order valence-electron chi connectivity index (χ3n) is 1.13. The molecule has 0 saturated carbocycles. The van der Waals surface area contributed by atoms with Gasteiger partial charge in [-0.05, 0) is 21.0 Å². The van der Waals surface area contributed by atoms with E-state index in [1.54, 1.807) is 25.9 Å². The van der Waals surface area contributed by atoms with Crippen LogP contribution in [-0.2, 0) is 9.36 Å². The van der Waals surface area contributed by atoms with Crippen LogP contribution in [-0.4, -0.2) is 36.1 Å². The molecular formula is C5H11NNa3O6P. The van der Waals surface area contributed by atoms with E-state index in [0.717, 1.165) is 0 Å². The summed E-state index contributed by atoms with van der Waals surface area (Å²) in [6, 6.07) is -0.380. The second-order valence-corrected chi connectivity index (χ2v) is 3.32. The van der Waals surface area contributed by atoms with Gasteiger partial charge in [-0.1, -0.05) is 0 Å².